The smallest absolute Gasteiger partial charge is 0.253 e. The molecule has 0 radical (unpaired) electrons. The molecule has 4 rings (SSSR count). The zero-order valence-electron chi connectivity index (χ0n) is 21.4. The largest absolute Gasteiger partial charge is 0.495 e. The number of benzene rings is 2. The molecule has 0 aliphatic heterocycles. The number of nitrogens with one attached hydrogen (secondary N) is 3. The van der Waals surface area contributed by atoms with Crippen molar-refractivity contribution in [3.8, 4) is 16.9 Å². The van der Waals surface area contributed by atoms with Crippen LogP contribution in [0.15, 0.2) is 48.7 Å². The van der Waals surface area contributed by atoms with Gasteiger partial charge in [-0.25, -0.2) is 4.98 Å². The number of aromatic nitrogens is 4. The maximum atomic E-state index is 12.4. The Balaban J connectivity index is 1.65. The predicted octanol–water partition coefficient (Wildman–Crippen LogP) is 5.24. The number of rotatable bonds is 8. The van der Waals surface area contributed by atoms with Crippen molar-refractivity contribution in [3.05, 3.63) is 71.0 Å². The topological polar surface area (TPSA) is 108 Å². The van der Waals surface area contributed by atoms with E-state index in [1.54, 1.807) is 32.3 Å². The van der Waals surface area contributed by atoms with Gasteiger partial charge in [-0.15, -0.1) is 0 Å². The summed E-state index contributed by atoms with van der Waals surface area (Å²) in [6.45, 7) is 6.02. The van der Waals surface area contributed by atoms with Crippen LogP contribution in [0.2, 0.25) is 0 Å². The highest BCUT2D eigenvalue weighted by Crippen LogP contribution is 2.36. The van der Waals surface area contributed by atoms with Crippen LogP contribution >= 0.6 is 0 Å². The fourth-order valence-electron chi connectivity index (χ4n) is 3.90. The molecular weight excluding hydrogens is 454 g/mol. The first kappa shape index (κ1) is 24.7. The summed E-state index contributed by atoms with van der Waals surface area (Å²) >= 11 is 0. The molecule has 4 aromatic rings. The third-order valence-electron chi connectivity index (χ3n) is 5.82. The van der Waals surface area contributed by atoms with E-state index >= 15 is 0 Å². The fraction of sp³-hybridized carbons (Fsp3) is 0.259. The average Bonchev–Trinajstić information content (AvgIpc) is 3.28. The summed E-state index contributed by atoms with van der Waals surface area (Å²) in [6.07, 6.45) is 2.58. The van der Waals surface area contributed by atoms with Crippen LogP contribution in [0.25, 0.3) is 11.1 Å². The summed E-state index contributed by atoms with van der Waals surface area (Å²) in [5, 5.41) is 13.7. The zero-order valence-corrected chi connectivity index (χ0v) is 21.4. The van der Waals surface area contributed by atoms with E-state index in [9.17, 15) is 4.79 Å². The molecule has 3 N–H and O–H groups in total. The number of nitrogens with zero attached hydrogens (tertiary/aromatic N) is 4. The van der Waals surface area contributed by atoms with Crippen molar-refractivity contribution in [1.82, 2.24) is 25.1 Å². The predicted molar refractivity (Wildman–Crippen MR) is 142 cm³/mol. The van der Waals surface area contributed by atoms with Crippen molar-refractivity contribution in [2.45, 2.75) is 27.2 Å². The van der Waals surface area contributed by atoms with Gasteiger partial charge < -0.3 is 20.3 Å². The highest BCUT2D eigenvalue weighted by molar-refractivity contribution is 5.95. The van der Waals surface area contributed by atoms with Crippen molar-refractivity contribution >= 4 is 29.2 Å². The lowest BCUT2D eigenvalue weighted by Crippen LogP contribution is -2.21. The minimum atomic E-state index is -0.0400. The van der Waals surface area contributed by atoms with E-state index < -0.39 is 0 Å². The molecule has 36 heavy (non-hydrogen) atoms. The molecule has 2 aromatic heterocycles. The van der Waals surface area contributed by atoms with Gasteiger partial charge in [0.15, 0.2) is 5.82 Å². The number of hydrogen-bond donors (Lipinski definition) is 3. The van der Waals surface area contributed by atoms with E-state index in [1.807, 2.05) is 56.3 Å². The molecule has 0 bridgehead atoms. The summed E-state index contributed by atoms with van der Waals surface area (Å²) in [4.78, 5) is 23.2. The number of carbonyl (C=O) groups excluding carboxylic acids is 1. The Labute approximate surface area is 210 Å². The minimum absolute atomic E-state index is 0.0400. The molecule has 2 aromatic carbocycles. The number of H-pyrrole nitrogens is 1. The molecular formula is C27H31N7O2. The SMILES string of the molecule is CCc1cnc(Nc2cc(C)c(-c3cccc(C(=O)N(C)C)c3)cc2OC)nc1Nc1cc(C)[nH]n1. The first-order valence-corrected chi connectivity index (χ1v) is 11.7. The average molecular weight is 486 g/mol. The quantitative estimate of drug-likeness (QED) is 0.313. The van der Waals surface area contributed by atoms with Crippen LogP contribution in [0.3, 0.4) is 0 Å². The van der Waals surface area contributed by atoms with Gasteiger partial charge >= 0.3 is 0 Å². The second kappa shape index (κ2) is 10.5. The third-order valence-corrected chi connectivity index (χ3v) is 5.82. The van der Waals surface area contributed by atoms with Crippen molar-refractivity contribution in [1.29, 1.82) is 0 Å². The van der Waals surface area contributed by atoms with Gasteiger partial charge in [0.05, 0.1) is 12.8 Å². The van der Waals surface area contributed by atoms with Crippen LogP contribution in [0.5, 0.6) is 5.75 Å². The van der Waals surface area contributed by atoms with Gasteiger partial charge in [0, 0.05) is 43.2 Å². The molecule has 0 spiro atoms. The second-order valence-electron chi connectivity index (χ2n) is 8.76. The second-order valence-corrected chi connectivity index (χ2v) is 8.76. The number of hydrogen-bond acceptors (Lipinski definition) is 7. The molecule has 9 heteroatoms. The highest BCUT2D eigenvalue weighted by atomic mass is 16.5. The number of ether oxygens (including phenoxy) is 1. The van der Waals surface area contributed by atoms with Crippen molar-refractivity contribution in [2.75, 3.05) is 31.8 Å². The van der Waals surface area contributed by atoms with Gasteiger partial charge in [0.25, 0.3) is 5.91 Å². The maximum absolute atomic E-state index is 12.4. The molecule has 9 nitrogen and oxygen atoms in total. The normalized spacial score (nSPS) is 10.7. The molecule has 0 aliphatic carbocycles. The highest BCUT2D eigenvalue weighted by Gasteiger charge is 2.15. The van der Waals surface area contributed by atoms with Crippen molar-refractivity contribution in [3.63, 3.8) is 0 Å². The number of aromatic amines is 1. The van der Waals surface area contributed by atoms with Crippen molar-refractivity contribution < 1.29 is 9.53 Å². The van der Waals surface area contributed by atoms with Gasteiger partial charge in [-0.05, 0) is 61.2 Å². The van der Waals surface area contributed by atoms with Crippen LogP contribution < -0.4 is 15.4 Å². The Morgan fingerprint density at radius 1 is 1.11 bits per heavy atom. The molecule has 0 saturated heterocycles. The van der Waals surface area contributed by atoms with Gasteiger partial charge in [0.1, 0.15) is 11.6 Å². The Hall–Kier alpha value is -4.40. The van der Waals surface area contributed by atoms with E-state index in [0.717, 1.165) is 40.1 Å². The van der Waals surface area contributed by atoms with Gasteiger partial charge in [-0.3, -0.25) is 9.89 Å². The van der Waals surface area contributed by atoms with E-state index in [2.05, 4.69) is 32.7 Å². The first-order valence-electron chi connectivity index (χ1n) is 11.7. The van der Waals surface area contributed by atoms with E-state index in [-0.39, 0.29) is 5.91 Å². The standard InChI is InChI=1S/C27H31N7O2/c1-7-18-15-28-27(31-25(18)30-24-12-17(3)32-33-24)29-22-11-16(2)21(14-23(22)36-6)19-9-8-10-20(13-19)26(35)34(4)5/h8-15H,7H2,1-6H3,(H3,28,29,30,31,32,33). The number of methoxy groups -OCH3 is 1. The fourth-order valence-corrected chi connectivity index (χ4v) is 3.90. The van der Waals surface area contributed by atoms with E-state index in [1.165, 1.54) is 0 Å². The molecule has 0 atom stereocenters. The molecule has 0 unspecified atom stereocenters. The van der Waals surface area contributed by atoms with E-state index in [4.69, 9.17) is 9.72 Å². The van der Waals surface area contributed by atoms with Crippen LogP contribution in [-0.2, 0) is 6.42 Å². The number of anilines is 4. The van der Waals surface area contributed by atoms with Gasteiger partial charge in [-0.2, -0.15) is 10.1 Å². The lowest BCUT2D eigenvalue weighted by molar-refractivity contribution is 0.0827. The molecule has 0 aliphatic rings. The summed E-state index contributed by atoms with van der Waals surface area (Å²) in [7, 11) is 5.12. The summed E-state index contributed by atoms with van der Waals surface area (Å²) < 4.78 is 5.70. The Morgan fingerprint density at radius 3 is 2.58 bits per heavy atom. The Kier molecular flexibility index (Phi) is 7.19. The number of aryl methyl sites for hydroxylation is 3. The molecule has 0 fully saturated rings. The molecule has 1 amide bonds. The summed E-state index contributed by atoms with van der Waals surface area (Å²) in [6, 6.07) is 13.5. The molecule has 2 heterocycles. The summed E-state index contributed by atoms with van der Waals surface area (Å²) in [5.74, 6) is 2.42. The number of carbonyl (C=O) groups is 1. The first-order chi connectivity index (χ1) is 17.3. The van der Waals surface area contributed by atoms with Crippen LogP contribution in [0, 0.1) is 13.8 Å². The van der Waals surface area contributed by atoms with Crippen LogP contribution in [-0.4, -0.2) is 52.2 Å². The monoisotopic (exact) mass is 485 g/mol. The lowest BCUT2D eigenvalue weighted by Gasteiger charge is -2.16. The molecule has 186 valence electrons. The maximum Gasteiger partial charge on any atom is 0.253 e. The van der Waals surface area contributed by atoms with Gasteiger partial charge in [0.2, 0.25) is 5.95 Å². The van der Waals surface area contributed by atoms with Crippen LogP contribution in [0.4, 0.5) is 23.3 Å². The molecule has 0 saturated carbocycles. The van der Waals surface area contributed by atoms with Crippen LogP contribution in [0.1, 0.15) is 34.1 Å². The van der Waals surface area contributed by atoms with Crippen molar-refractivity contribution in [2.24, 2.45) is 0 Å². The van der Waals surface area contributed by atoms with E-state index in [0.29, 0.717) is 28.9 Å². The Morgan fingerprint density at radius 2 is 1.92 bits per heavy atom. The third kappa shape index (κ3) is 5.30. The Bertz CT molecular complexity index is 1390. The zero-order chi connectivity index (χ0) is 25.8. The van der Waals surface area contributed by atoms with Gasteiger partial charge in [-0.1, -0.05) is 19.1 Å². The lowest BCUT2D eigenvalue weighted by atomic mass is 9.97. The minimum Gasteiger partial charge on any atom is -0.495 e. The summed E-state index contributed by atoms with van der Waals surface area (Å²) in [5.41, 5.74) is 6.24. The number of amides is 1.